The van der Waals surface area contributed by atoms with E-state index in [2.05, 4.69) is 81.4 Å². The Balaban J connectivity index is 1.86. The highest BCUT2D eigenvalue weighted by atomic mass is 16.1. The number of carbonyl (C=O) groups is 1. The fourth-order valence-electron chi connectivity index (χ4n) is 5.47. The molecule has 124 valence electrons. The zero-order chi connectivity index (χ0) is 16.9. The first-order chi connectivity index (χ1) is 11.5. The van der Waals surface area contributed by atoms with Gasteiger partial charge in [0.1, 0.15) is 5.78 Å². The SMILES string of the molecule is CC1(C)[C@H]2CC[C@@]1(C)C(=O)[C@@H]2C(c1ccccc1)c1ccccc1. The second-order valence-electron chi connectivity index (χ2n) is 8.39. The molecule has 0 heterocycles. The molecule has 0 radical (unpaired) electrons. The normalized spacial score (nSPS) is 30.9. The first-order valence-corrected chi connectivity index (χ1v) is 9.11. The molecule has 2 aromatic carbocycles. The van der Waals surface area contributed by atoms with E-state index in [9.17, 15) is 4.79 Å². The molecule has 24 heavy (non-hydrogen) atoms. The molecular weight excluding hydrogens is 292 g/mol. The highest BCUT2D eigenvalue weighted by Crippen LogP contribution is 2.68. The molecule has 0 aliphatic heterocycles. The summed E-state index contributed by atoms with van der Waals surface area (Å²) in [5, 5.41) is 0. The zero-order valence-corrected chi connectivity index (χ0v) is 14.8. The second-order valence-corrected chi connectivity index (χ2v) is 8.39. The van der Waals surface area contributed by atoms with Gasteiger partial charge in [-0.05, 0) is 35.3 Å². The van der Waals surface area contributed by atoms with E-state index >= 15 is 0 Å². The summed E-state index contributed by atoms with van der Waals surface area (Å²) in [5.41, 5.74) is 2.48. The third-order valence-electron chi connectivity index (χ3n) is 7.26. The van der Waals surface area contributed by atoms with Crippen LogP contribution >= 0.6 is 0 Å². The zero-order valence-electron chi connectivity index (χ0n) is 14.8. The smallest absolute Gasteiger partial charge is 0.143 e. The second kappa shape index (κ2) is 5.31. The summed E-state index contributed by atoms with van der Waals surface area (Å²) in [6, 6.07) is 21.2. The van der Waals surface area contributed by atoms with E-state index in [1.165, 1.54) is 17.5 Å². The lowest BCUT2D eigenvalue weighted by atomic mass is 9.70. The van der Waals surface area contributed by atoms with Crippen molar-refractivity contribution in [3.05, 3.63) is 71.8 Å². The highest BCUT2D eigenvalue weighted by Gasteiger charge is 2.67. The van der Waals surface area contributed by atoms with E-state index in [0.29, 0.717) is 11.7 Å². The standard InChI is InChI=1S/C23H26O/c1-22(2)18-14-15-23(22,3)21(24)20(18)19(16-10-6-4-7-11-16)17-12-8-5-9-13-17/h4-13,18-20H,14-15H2,1-3H3/t18-,20-,23-/m0/s1. The van der Waals surface area contributed by atoms with Gasteiger partial charge in [-0.15, -0.1) is 0 Å². The number of fused-ring (bicyclic) bond motifs is 2. The van der Waals surface area contributed by atoms with Gasteiger partial charge in [-0.2, -0.15) is 0 Å². The minimum atomic E-state index is -0.163. The maximum absolute atomic E-state index is 13.5. The molecular formula is C23H26O. The van der Waals surface area contributed by atoms with Gasteiger partial charge in [-0.1, -0.05) is 81.4 Å². The van der Waals surface area contributed by atoms with Crippen molar-refractivity contribution in [2.75, 3.05) is 0 Å². The molecule has 0 saturated heterocycles. The van der Waals surface area contributed by atoms with Gasteiger partial charge in [-0.25, -0.2) is 0 Å². The topological polar surface area (TPSA) is 17.1 Å². The monoisotopic (exact) mass is 318 g/mol. The molecule has 2 aliphatic carbocycles. The summed E-state index contributed by atoms with van der Waals surface area (Å²) in [6.07, 6.45) is 2.23. The van der Waals surface area contributed by atoms with E-state index in [1.54, 1.807) is 0 Å². The van der Waals surface area contributed by atoms with Crippen LogP contribution < -0.4 is 0 Å². The average molecular weight is 318 g/mol. The molecule has 0 aromatic heterocycles. The Morgan fingerprint density at radius 2 is 1.38 bits per heavy atom. The first kappa shape index (κ1) is 15.6. The van der Waals surface area contributed by atoms with Gasteiger partial charge in [0.2, 0.25) is 0 Å². The molecule has 2 fully saturated rings. The Labute approximate surface area is 145 Å². The van der Waals surface area contributed by atoms with Crippen molar-refractivity contribution >= 4 is 5.78 Å². The van der Waals surface area contributed by atoms with Crippen molar-refractivity contribution in [1.82, 2.24) is 0 Å². The Morgan fingerprint density at radius 3 is 1.79 bits per heavy atom. The van der Waals surface area contributed by atoms with Gasteiger partial charge in [0.15, 0.2) is 0 Å². The minimum Gasteiger partial charge on any atom is -0.299 e. The molecule has 1 heteroatoms. The van der Waals surface area contributed by atoms with Crippen LogP contribution in [0.5, 0.6) is 0 Å². The number of Topliss-reactive ketones (excluding diaryl/α,β-unsaturated/α-hetero) is 1. The third kappa shape index (κ3) is 1.97. The first-order valence-electron chi connectivity index (χ1n) is 9.11. The lowest BCUT2D eigenvalue weighted by molar-refractivity contribution is -0.132. The largest absolute Gasteiger partial charge is 0.299 e. The molecule has 1 nitrogen and oxygen atoms in total. The molecule has 0 unspecified atom stereocenters. The van der Waals surface area contributed by atoms with Gasteiger partial charge < -0.3 is 0 Å². The molecule has 2 saturated carbocycles. The summed E-state index contributed by atoms with van der Waals surface area (Å²) in [7, 11) is 0. The van der Waals surface area contributed by atoms with Crippen LogP contribution in [0.1, 0.15) is 50.7 Å². The Kier molecular flexibility index (Phi) is 3.46. The van der Waals surface area contributed by atoms with Gasteiger partial charge in [0.05, 0.1) is 0 Å². The number of hydrogen-bond donors (Lipinski definition) is 0. The molecule has 0 N–H and O–H groups in total. The fourth-order valence-corrected chi connectivity index (χ4v) is 5.47. The predicted octanol–water partition coefficient (Wildman–Crippen LogP) is 5.46. The Morgan fingerprint density at radius 1 is 0.875 bits per heavy atom. The summed E-state index contributed by atoms with van der Waals surface area (Å²) in [5.74, 6) is 1.23. The Hall–Kier alpha value is -1.89. The van der Waals surface area contributed by atoms with Crippen molar-refractivity contribution in [3.8, 4) is 0 Å². The predicted molar refractivity (Wildman–Crippen MR) is 97.8 cm³/mol. The summed E-state index contributed by atoms with van der Waals surface area (Å²) in [6.45, 7) is 6.84. The number of carbonyl (C=O) groups excluding carboxylic acids is 1. The van der Waals surface area contributed by atoms with E-state index < -0.39 is 0 Å². The van der Waals surface area contributed by atoms with Gasteiger partial charge >= 0.3 is 0 Å². The van der Waals surface area contributed by atoms with Crippen molar-refractivity contribution < 1.29 is 4.79 Å². The molecule has 4 rings (SSSR count). The quantitative estimate of drug-likeness (QED) is 0.734. The highest BCUT2D eigenvalue weighted by molar-refractivity contribution is 5.93. The maximum Gasteiger partial charge on any atom is 0.143 e. The number of hydrogen-bond acceptors (Lipinski definition) is 1. The lowest BCUT2D eigenvalue weighted by Gasteiger charge is -2.32. The van der Waals surface area contributed by atoms with E-state index in [1.807, 2.05) is 0 Å². The van der Waals surface area contributed by atoms with E-state index in [0.717, 1.165) is 6.42 Å². The molecule has 0 spiro atoms. The third-order valence-corrected chi connectivity index (χ3v) is 7.26. The van der Waals surface area contributed by atoms with Crippen molar-refractivity contribution in [1.29, 1.82) is 0 Å². The number of rotatable bonds is 3. The van der Waals surface area contributed by atoms with Crippen LogP contribution in [-0.4, -0.2) is 5.78 Å². The van der Waals surface area contributed by atoms with Gasteiger partial charge in [0, 0.05) is 17.3 Å². The van der Waals surface area contributed by atoms with Crippen LogP contribution in [0.25, 0.3) is 0 Å². The van der Waals surface area contributed by atoms with Crippen LogP contribution in [0, 0.1) is 22.7 Å². The average Bonchev–Trinajstić information content (AvgIpc) is 2.91. The van der Waals surface area contributed by atoms with E-state index in [-0.39, 0.29) is 22.7 Å². The van der Waals surface area contributed by atoms with Crippen LogP contribution in [-0.2, 0) is 4.79 Å². The van der Waals surface area contributed by atoms with Gasteiger partial charge in [-0.3, -0.25) is 4.79 Å². The molecule has 3 atom stereocenters. The molecule has 2 bridgehead atoms. The van der Waals surface area contributed by atoms with Gasteiger partial charge in [0.25, 0.3) is 0 Å². The van der Waals surface area contributed by atoms with Crippen LogP contribution in [0.2, 0.25) is 0 Å². The summed E-state index contributed by atoms with van der Waals surface area (Å²) >= 11 is 0. The van der Waals surface area contributed by atoms with Crippen LogP contribution in [0.4, 0.5) is 0 Å². The maximum atomic E-state index is 13.5. The molecule has 0 amide bonds. The van der Waals surface area contributed by atoms with Crippen molar-refractivity contribution in [3.63, 3.8) is 0 Å². The molecule has 2 aromatic rings. The van der Waals surface area contributed by atoms with Crippen LogP contribution in [0.3, 0.4) is 0 Å². The summed E-state index contributed by atoms with van der Waals surface area (Å²) < 4.78 is 0. The summed E-state index contributed by atoms with van der Waals surface area (Å²) in [4.78, 5) is 13.5. The lowest BCUT2D eigenvalue weighted by Crippen LogP contribution is -2.35. The Bertz CT molecular complexity index is 707. The van der Waals surface area contributed by atoms with Crippen molar-refractivity contribution in [2.45, 2.75) is 39.5 Å². The minimum absolute atomic E-state index is 0.0938. The van der Waals surface area contributed by atoms with E-state index in [4.69, 9.17) is 0 Å². The number of ketones is 1. The fraction of sp³-hybridized carbons (Fsp3) is 0.435. The number of benzene rings is 2. The molecule has 2 aliphatic rings. The van der Waals surface area contributed by atoms with Crippen LogP contribution in [0.15, 0.2) is 60.7 Å². The van der Waals surface area contributed by atoms with Crippen molar-refractivity contribution in [2.24, 2.45) is 22.7 Å².